The number of carbonyl (C=O) groups excluding carboxylic acids is 1. The van der Waals surface area contributed by atoms with Crippen LogP contribution in [-0.2, 0) is 6.42 Å². The fourth-order valence-electron chi connectivity index (χ4n) is 2.36. The van der Waals surface area contributed by atoms with Gasteiger partial charge in [-0.05, 0) is 83.0 Å². The Balaban J connectivity index is 1.77. The van der Waals surface area contributed by atoms with Gasteiger partial charge >= 0.3 is 0 Å². The molecule has 0 aliphatic carbocycles. The molecule has 0 amide bonds. The molecule has 0 radical (unpaired) electrons. The van der Waals surface area contributed by atoms with E-state index in [4.69, 9.17) is 4.74 Å². The number of allylic oxidation sites excluding steroid dienone is 1. The van der Waals surface area contributed by atoms with Crippen LogP contribution in [0.25, 0.3) is 6.08 Å². The largest absolute Gasteiger partial charge is 0.493 e. The summed E-state index contributed by atoms with van der Waals surface area (Å²) in [6.07, 6.45) is 5.49. The molecule has 0 spiro atoms. The van der Waals surface area contributed by atoms with E-state index in [0.29, 0.717) is 0 Å². The normalized spacial score (nSPS) is 13.8. The van der Waals surface area contributed by atoms with Crippen molar-refractivity contribution < 1.29 is 9.53 Å². The third-order valence-corrected chi connectivity index (χ3v) is 4.21. The Hall–Kier alpha value is -1.62. The highest BCUT2D eigenvalue weighted by atomic mass is 127. The molecule has 2 aromatic carbocycles. The van der Waals surface area contributed by atoms with Gasteiger partial charge in [0, 0.05) is 9.13 Å². The Labute approximate surface area is 138 Å². The van der Waals surface area contributed by atoms with Crippen molar-refractivity contribution >= 4 is 34.5 Å². The van der Waals surface area contributed by atoms with Gasteiger partial charge in [-0.1, -0.05) is 18.2 Å². The molecular weight excluding hydrogens is 375 g/mol. The van der Waals surface area contributed by atoms with Gasteiger partial charge < -0.3 is 4.74 Å². The molecule has 0 saturated heterocycles. The van der Waals surface area contributed by atoms with Gasteiger partial charge in [-0.2, -0.15) is 0 Å². The summed E-state index contributed by atoms with van der Waals surface area (Å²) in [6.45, 7) is 0.771. The SMILES string of the molecule is O=C(C=Cc1ccc(I)cc1)c1ccc2c(c1)CCCO2. The number of hydrogen-bond donors (Lipinski definition) is 0. The molecule has 1 aliphatic heterocycles. The van der Waals surface area contributed by atoms with Gasteiger partial charge in [-0.3, -0.25) is 4.79 Å². The zero-order chi connectivity index (χ0) is 14.7. The second kappa shape index (κ2) is 6.43. The van der Waals surface area contributed by atoms with Crippen molar-refractivity contribution in [2.24, 2.45) is 0 Å². The minimum absolute atomic E-state index is 0.0296. The summed E-state index contributed by atoms with van der Waals surface area (Å²) in [5, 5.41) is 0. The molecule has 0 bridgehead atoms. The zero-order valence-electron chi connectivity index (χ0n) is 11.5. The fraction of sp³-hybridized carbons (Fsp3) is 0.167. The zero-order valence-corrected chi connectivity index (χ0v) is 13.7. The van der Waals surface area contributed by atoms with Crippen LogP contribution in [0.15, 0.2) is 48.5 Å². The molecule has 0 unspecified atom stereocenters. The number of carbonyl (C=O) groups is 1. The highest BCUT2D eigenvalue weighted by Crippen LogP contribution is 2.25. The molecule has 0 atom stereocenters. The average Bonchev–Trinajstić information content (AvgIpc) is 2.53. The molecule has 2 nitrogen and oxygen atoms in total. The Morgan fingerprint density at radius 1 is 1.14 bits per heavy atom. The maximum atomic E-state index is 12.2. The van der Waals surface area contributed by atoms with E-state index in [0.717, 1.165) is 41.9 Å². The van der Waals surface area contributed by atoms with Gasteiger partial charge in [0.25, 0.3) is 0 Å². The van der Waals surface area contributed by atoms with E-state index in [-0.39, 0.29) is 5.78 Å². The summed E-state index contributed by atoms with van der Waals surface area (Å²) in [6, 6.07) is 13.8. The predicted octanol–water partition coefficient (Wildman–Crippen LogP) is 4.51. The van der Waals surface area contributed by atoms with Gasteiger partial charge in [0.2, 0.25) is 0 Å². The quantitative estimate of drug-likeness (QED) is 0.438. The van der Waals surface area contributed by atoms with Crippen LogP contribution in [0.5, 0.6) is 5.75 Å². The molecule has 21 heavy (non-hydrogen) atoms. The van der Waals surface area contributed by atoms with Crippen LogP contribution in [0.3, 0.4) is 0 Å². The first-order valence-electron chi connectivity index (χ1n) is 6.96. The number of rotatable bonds is 3. The van der Waals surface area contributed by atoms with Crippen molar-refractivity contribution in [1.82, 2.24) is 0 Å². The summed E-state index contributed by atoms with van der Waals surface area (Å²) in [5.41, 5.74) is 2.89. The predicted molar refractivity (Wildman–Crippen MR) is 92.8 cm³/mol. The van der Waals surface area contributed by atoms with E-state index in [9.17, 15) is 4.79 Å². The average molecular weight is 390 g/mol. The van der Waals surface area contributed by atoms with E-state index in [1.807, 2.05) is 48.5 Å². The van der Waals surface area contributed by atoms with Crippen molar-refractivity contribution in [3.05, 3.63) is 68.8 Å². The molecule has 106 valence electrons. The van der Waals surface area contributed by atoms with Gasteiger partial charge in [0.05, 0.1) is 6.61 Å². The van der Waals surface area contributed by atoms with Gasteiger partial charge in [0.1, 0.15) is 5.75 Å². The first kappa shape index (κ1) is 14.3. The van der Waals surface area contributed by atoms with Crippen LogP contribution < -0.4 is 4.74 Å². The fourth-order valence-corrected chi connectivity index (χ4v) is 2.72. The third-order valence-electron chi connectivity index (χ3n) is 3.49. The first-order chi connectivity index (χ1) is 10.2. The van der Waals surface area contributed by atoms with E-state index in [1.165, 1.54) is 3.57 Å². The third kappa shape index (κ3) is 3.53. The molecule has 2 aromatic rings. The van der Waals surface area contributed by atoms with Gasteiger partial charge in [-0.15, -0.1) is 0 Å². The molecule has 0 saturated carbocycles. The van der Waals surface area contributed by atoms with Crippen molar-refractivity contribution in [3.8, 4) is 5.75 Å². The van der Waals surface area contributed by atoms with E-state index >= 15 is 0 Å². The first-order valence-corrected chi connectivity index (χ1v) is 8.04. The number of halogens is 1. The van der Waals surface area contributed by atoms with Crippen molar-refractivity contribution in [2.75, 3.05) is 6.61 Å². The Kier molecular flexibility index (Phi) is 4.39. The lowest BCUT2D eigenvalue weighted by Gasteiger charge is -2.17. The highest BCUT2D eigenvalue weighted by Gasteiger charge is 2.12. The van der Waals surface area contributed by atoms with Crippen LogP contribution in [-0.4, -0.2) is 12.4 Å². The van der Waals surface area contributed by atoms with Crippen LogP contribution in [0.4, 0.5) is 0 Å². The number of fused-ring (bicyclic) bond motifs is 1. The lowest BCUT2D eigenvalue weighted by atomic mass is 10.0. The number of ketones is 1. The van der Waals surface area contributed by atoms with Crippen LogP contribution in [0.1, 0.15) is 27.9 Å². The summed E-state index contributed by atoms with van der Waals surface area (Å²) >= 11 is 2.26. The van der Waals surface area contributed by atoms with Crippen LogP contribution in [0.2, 0.25) is 0 Å². The van der Waals surface area contributed by atoms with Gasteiger partial charge in [0.15, 0.2) is 5.78 Å². The Bertz CT molecular complexity index is 687. The molecule has 0 N–H and O–H groups in total. The topological polar surface area (TPSA) is 26.3 Å². The molecule has 1 aliphatic rings. The molecule has 1 heterocycles. The maximum Gasteiger partial charge on any atom is 0.185 e. The molecular formula is C18H15IO2. The standard InChI is InChI=1S/C18H15IO2/c19-16-7-3-13(4-8-16)5-9-17(20)14-6-10-18-15(12-14)2-1-11-21-18/h3-10,12H,1-2,11H2. The second-order valence-corrected chi connectivity index (χ2v) is 6.27. The lowest BCUT2D eigenvalue weighted by Crippen LogP contribution is -2.09. The minimum atomic E-state index is 0.0296. The smallest absolute Gasteiger partial charge is 0.185 e. The van der Waals surface area contributed by atoms with E-state index in [1.54, 1.807) is 6.08 Å². The van der Waals surface area contributed by atoms with Crippen LogP contribution in [0, 0.1) is 3.57 Å². The van der Waals surface area contributed by atoms with Crippen molar-refractivity contribution in [3.63, 3.8) is 0 Å². The summed E-state index contributed by atoms with van der Waals surface area (Å²) in [5.74, 6) is 0.946. The van der Waals surface area contributed by atoms with Crippen molar-refractivity contribution in [2.45, 2.75) is 12.8 Å². The molecule has 0 aromatic heterocycles. The molecule has 0 fully saturated rings. The lowest BCUT2D eigenvalue weighted by molar-refractivity contribution is 0.104. The van der Waals surface area contributed by atoms with Gasteiger partial charge in [-0.25, -0.2) is 0 Å². The number of ether oxygens (including phenoxy) is 1. The monoisotopic (exact) mass is 390 g/mol. The van der Waals surface area contributed by atoms with Crippen LogP contribution >= 0.6 is 22.6 Å². The maximum absolute atomic E-state index is 12.2. The minimum Gasteiger partial charge on any atom is -0.493 e. The second-order valence-electron chi connectivity index (χ2n) is 5.02. The van der Waals surface area contributed by atoms with E-state index in [2.05, 4.69) is 22.6 Å². The highest BCUT2D eigenvalue weighted by molar-refractivity contribution is 14.1. The number of benzene rings is 2. The summed E-state index contributed by atoms with van der Waals surface area (Å²) in [7, 11) is 0. The van der Waals surface area contributed by atoms with E-state index < -0.39 is 0 Å². The number of aryl methyl sites for hydroxylation is 1. The number of hydrogen-bond acceptors (Lipinski definition) is 2. The molecule has 3 heteroatoms. The summed E-state index contributed by atoms with van der Waals surface area (Å²) in [4.78, 5) is 12.2. The Morgan fingerprint density at radius 3 is 2.76 bits per heavy atom. The molecule has 3 rings (SSSR count). The summed E-state index contributed by atoms with van der Waals surface area (Å²) < 4.78 is 6.75. The van der Waals surface area contributed by atoms with Crippen molar-refractivity contribution in [1.29, 1.82) is 0 Å². The Morgan fingerprint density at radius 2 is 1.95 bits per heavy atom.